The minimum Gasteiger partial charge on any atom is -0.389 e. The minimum atomic E-state index is -3.68. The van der Waals surface area contributed by atoms with E-state index in [2.05, 4.69) is 15.3 Å². The molecule has 1 rings (SSSR count). The lowest BCUT2D eigenvalue weighted by molar-refractivity contribution is 0.0640. The molecule has 0 unspecified atom stereocenters. The Morgan fingerprint density at radius 3 is 2.32 bits per heavy atom. The molecule has 0 fully saturated rings. The standard InChI is InChI=1S/C11H20N4O3S/c1-5-12-10-13-6-9(7-14-10)19(17,18)15(4)8-11(2,3)16/h6-7,16H,5,8H2,1-4H3,(H,12,13,14). The van der Waals surface area contributed by atoms with E-state index < -0.39 is 15.6 Å². The van der Waals surface area contributed by atoms with Crippen LogP contribution in [0.3, 0.4) is 0 Å². The Hall–Kier alpha value is -1.25. The van der Waals surface area contributed by atoms with Crippen molar-refractivity contribution in [3.05, 3.63) is 12.4 Å². The number of aliphatic hydroxyl groups is 1. The van der Waals surface area contributed by atoms with Crippen molar-refractivity contribution < 1.29 is 13.5 Å². The Kier molecular flexibility index (Phi) is 4.83. The summed E-state index contributed by atoms with van der Waals surface area (Å²) in [6.07, 6.45) is 2.50. The van der Waals surface area contributed by atoms with Crippen LogP contribution in [0.5, 0.6) is 0 Å². The van der Waals surface area contributed by atoms with Gasteiger partial charge in [0.25, 0.3) is 0 Å². The summed E-state index contributed by atoms with van der Waals surface area (Å²) >= 11 is 0. The van der Waals surface area contributed by atoms with Crippen LogP contribution < -0.4 is 5.32 Å². The Morgan fingerprint density at radius 2 is 1.89 bits per heavy atom. The van der Waals surface area contributed by atoms with Gasteiger partial charge in [-0.05, 0) is 20.8 Å². The van der Waals surface area contributed by atoms with Gasteiger partial charge in [0.1, 0.15) is 4.90 Å². The third-order valence-electron chi connectivity index (χ3n) is 2.28. The first-order chi connectivity index (χ1) is 8.66. The van der Waals surface area contributed by atoms with Crippen molar-refractivity contribution in [1.29, 1.82) is 0 Å². The maximum absolute atomic E-state index is 12.2. The number of hydrogen-bond acceptors (Lipinski definition) is 6. The molecule has 0 aromatic carbocycles. The molecule has 0 aliphatic carbocycles. The Balaban J connectivity index is 2.93. The van der Waals surface area contributed by atoms with Gasteiger partial charge in [-0.25, -0.2) is 18.4 Å². The van der Waals surface area contributed by atoms with Crippen molar-refractivity contribution in [2.75, 3.05) is 25.5 Å². The average Bonchev–Trinajstić information content (AvgIpc) is 2.28. The first-order valence-electron chi connectivity index (χ1n) is 5.91. The number of aromatic nitrogens is 2. The largest absolute Gasteiger partial charge is 0.389 e. The van der Waals surface area contributed by atoms with E-state index in [9.17, 15) is 13.5 Å². The lowest BCUT2D eigenvalue weighted by Gasteiger charge is -2.24. The summed E-state index contributed by atoms with van der Waals surface area (Å²) in [6.45, 7) is 5.63. The van der Waals surface area contributed by atoms with Gasteiger partial charge in [-0.2, -0.15) is 4.31 Å². The SMILES string of the molecule is CCNc1ncc(S(=O)(=O)N(C)CC(C)(C)O)cn1. The predicted molar refractivity (Wildman–Crippen MR) is 72.3 cm³/mol. The number of sulfonamides is 1. The summed E-state index contributed by atoms with van der Waals surface area (Å²) in [6, 6.07) is 0. The molecule has 0 aliphatic rings. The van der Waals surface area contributed by atoms with Gasteiger partial charge in [0, 0.05) is 20.1 Å². The molecule has 0 atom stereocenters. The summed E-state index contributed by atoms with van der Waals surface area (Å²) in [5.41, 5.74) is -1.10. The summed E-state index contributed by atoms with van der Waals surface area (Å²) in [7, 11) is -2.28. The minimum absolute atomic E-state index is 0.000836. The molecule has 1 aromatic heterocycles. The molecule has 108 valence electrons. The van der Waals surface area contributed by atoms with Gasteiger partial charge >= 0.3 is 0 Å². The number of nitrogens with zero attached hydrogens (tertiary/aromatic N) is 3. The highest BCUT2D eigenvalue weighted by Gasteiger charge is 2.26. The zero-order valence-corrected chi connectivity index (χ0v) is 12.4. The molecule has 0 saturated carbocycles. The molecule has 1 heterocycles. The van der Waals surface area contributed by atoms with Crippen LogP contribution in [0, 0.1) is 0 Å². The molecule has 0 amide bonds. The molecule has 8 heteroatoms. The fourth-order valence-electron chi connectivity index (χ4n) is 1.51. The van der Waals surface area contributed by atoms with E-state index in [-0.39, 0.29) is 11.4 Å². The van der Waals surface area contributed by atoms with Gasteiger partial charge in [-0.3, -0.25) is 0 Å². The topological polar surface area (TPSA) is 95.4 Å². The second-order valence-electron chi connectivity index (χ2n) is 4.85. The van der Waals surface area contributed by atoms with Crippen molar-refractivity contribution in [3.63, 3.8) is 0 Å². The van der Waals surface area contributed by atoms with Crippen molar-refractivity contribution in [1.82, 2.24) is 14.3 Å². The van der Waals surface area contributed by atoms with Crippen LogP contribution in [0.25, 0.3) is 0 Å². The summed E-state index contributed by atoms with van der Waals surface area (Å²) in [5, 5.41) is 12.5. The maximum atomic E-state index is 12.2. The first kappa shape index (κ1) is 15.8. The van der Waals surface area contributed by atoms with Crippen molar-refractivity contribution >= 4 is 16.0 Å². The van der Waals surface area contributed by atoms with Gasteiger partial charge in [0.05, 0.1) is 18.0 Å². The fourth-order valence-corrected chi connectivity index (χ4v) is 2.73. The number of nitrogens with one attached hydrogen (secondary N) is 1. The van der Waals surface area contributed by atoms with E-state index in [1.54, 1.807) is 13.8 Å². The first-order valence-corrected chi connectivity index (χ1v) is 7.35. The highest BCUT2D eigenvalue weighted by atomic mass is 32.2. The number of anilines is 1. The monoisotopic (exact) mass is 288 g/mol. The van der Waals surface area contributed by atoms with Gasteiger partial charge in [0.2, 0.25) is 16.0 Å². The Bertz CT molecular complexity index is 508. The van der Waals surface area contributed by atoms with Gasteiger partial charge < -0.3 is 10.4 Å². The third-order valence-corrected chi connectivity index (χ3v) is 4.04. The number of rotatable bonds is 6. The molecule has 0 saturated heterocycles. The van der Waals surface area contributed by atoms with Crippen LogP contribution in [0.4, 0.5) is 5.95 Å². The van der Waals surface area contributed by atoms with Gasteiger partial charge in [-0.15, -0.1) is 0 Å². The lowest BCUT2D eigenvalue weighted by atomic mass is 10.1. The van der Waals surface area contributed by atoms with Crippen LogP contribution in [-0.4, -0.2) is 53.5 Å². The lowest BCUT2D eigenvalue weighted by Crippen LogP contribution is -2.39. The molecule has 2 N–H and O–H groups in total. The highest BCUT2D eigenvalue weighted by Crippen LogP contribution is 2.15. The summed E-state index contributed by atoms with van der Waals surface area (Å²) in [4.78, 5) is 7.85. The number of likely N-dealkylation sites (N-methyl/N-ethyl adjacent to an activating group) is 1. The summed E-state index contributed by atoms with van der Waals surface area (Å²) in [5.74, 6) is 0.381. The highest BCUT2D eigenvalue weighted by molar-refractivity contribution is 7.89. The second-order valence-corrected chi connectivity index (χ2v) is 6.89. The van der Waals surface area contributed by atoms with Crippen LogP contribution >= 0.6 is 0 Å². The molecule has 0 aliphatic heterocycles. The maximum Gasteiger partial charge on any atom is 0.245 e. The molecule has 0 radical (unpaired) electrons. The van der Waals surface area contributed by atoms with E-state index in [0.29, 0.717) is 12.5 Å². The zero-order valence-electron chi connectivity index (χ0n) is 11.6. The summed E-state index contributed by atoms with van der Waals surface area (Å²) < 4.78 is 25.5. The molecule has 19 heavy (non-hydrogen) atoms. The Labute approximate surface area is 113 Å². The smallest absolute Gasteiger partial charge is 0.245 e. The Morgan fingerprint density at radius 1 is 1.37 bits per heavy atom. The average molecular weight is 288 g/mol. The van der Waals surface area contributed by atoms with Crippen molar-refractivity contribution in [2.45, 2.75) is 31.3 Å². The zero-order chi connectivity index (χ0) is 14.7. The molecular weight excluding hydrogens is 268 g/mol. The van der Waals surface area contributed by atoms with Crippen LogP contribution in [0.15, 0.2) is 17.3 Å². The normalized spacial score (nSPS) is 12.7. The fraction of sp³-hybridized carbons (Fsp3) is 0.636. The van der Waals surface area contributed by atoms with E-state index >= 15 is 0 Å². The number of hydrogen-bond donors (Lipinski definition) is 2. The second kappa shape index (κ2) is 5.81. The van der Waals surface area contributed by atoms with Crippen molar-refractivity contribution in [3.8, 4) is 0 Å². The quantitative estimate of drug-likeness (QED) is 0.781. The van der Waals surface area contributed by atoms with E-state index in [4.69, 9.17) is 0 Å². The molecule has 0 spiro atoms. The third kappa shape index (κ3) is 4.41. The molecular formula is C11H20N4O3S. The van der Waals surface area contributed by atoms with Gasteiger partial charge in [-0.1, -0.05) is 0 Å². The van der Waals surface area contributed by atoms with E-state index in [1.807, 2.05) is 6.92 Å². The van der Waals surface area contributed by atoms with Crippen LogP contribution in [0.1, 0.15) is 20.8 Å². The molecule has 7 nitrogen and oxygen atoms in total. The van der Waals surface area contributed by atoms with E-state index in [1.165, 1.54) is 19.4 Å². The van der Waals surface area contributed by atoms with Gasteiger partial charge in [0.15, 0.2) is 0 Å². The van der Waals surface area contributed by atoms with Crippen molar-refractivity contribution in [2.24, 2.45) is 0 Å². The molecule has 0 bridgehead atoms. The van der Waals surface area contributed by atoms with Crippen LogP contribution in [0.2, 0.25) is 0 Å². The predicted octanol–water partition coefficient (Wildman–Crippen LogP) is 0.300. The van der Waals surface area contributed by atoms with E-state index in [0.717, 1.165) is 4.31 Å². The van der Waals surface area contributed by atoms with Crippen LogP contribution in [-0.2, 0) is 10.0 Å². The molecule has 1 aromatic rings.